The van der Waals surface area contributed by atoms with Gasteiger partial charge in [-0.15, -0.1) is 0 Å². The number of esters is 1. The normalized spacial score (nSPS) is 13.9. The third-order valence-electron chi connectivity index (χ3n) is 4.92. The van der Waals surface area contributed by atoms with Gasteiger partial charge < -0.3 is 14.2 Å². The van der Waals surface area contributed by atoms with E-state index in [9.17, 15) is 14.9 Å². The molecule has 0 fully saturated rings. The molecule has 1 heterocycles. The fraction of sp³-hybridized carbons (Fsp3) is 0.120. The van der Waals surface area contributed by atoms with Crippen molar-refractivity contribution in [3.05, 3.63) is 100 Å². The van der Waals surface area contributed by atoms with E-state index in [4.69, 9.17) is 25.8 Å². The summed E-state index contributed by atoms with van der Waals surface area (Å²) in [6, 6.07) is 15.5. The highest BCUT2D eigenvalue weighted by Gasteiger charge is 2.26. The lowest BCUT2D eigenvalue weighted by atomic mass is 10.1. The monoisotopic (exact) mass is 682 g/mol. The molecule has 0 N–H and O–H groups in total. The Hall–Kier alpha value is -2.96. The maximum absolute atomic E-state index is 12.5. The van der Waals surface area contributed by atoms with Crippen molar-refractivity contribution < 1.29 is 23.9 Å². The quantitative estimate of drug-likeness (QED) is 0.0839. The third-order valence-corrected chi connectivity index (χ3v) is 6.50. The summed E-state index contributed by atoms with van der Waals surface area (Å²) in [6.07, 6.45) is 1.54. The number of hydrogen-bond acceptors (Lipinski definition) is 7. The van der Waals surface area contributed by atoms with Crippen LogP contribution in [0.15, 0.2) is 69.8 Å². The molecule has 0 saturated heterocycles. The van der Waals surface area contributed by atoms with Gasteiger partial charge in [0.15, 0.2) is 17.2 Å². The highest BCUT2D eigenvalue weighted by atomic mass is 127. The maximum Gasteiger partial charge on any atom is 0.363 e. The van der Waals surface area contributed by atoms with E-state index in [0.717, 1.165) is 9.13 Å². The Morgan fingerprint density at radius 1 is 1.19 bits per heavy atom. The molecule has 0 amide bonds. The molecule has 0 bridgehead atoms. The predicted molar refractivity (Wildman–Crippen MR) is 148 cm³/mol. The lowest BCUT2D eigenvalue weighted by molar-refractivity contribution is -0.384. The van der Waals surface area contributed by atoms with Crippen LogP contribution in [0.3, 0.4) is 0 Å². The Bertz CT molecular complexity index is 1430. The van der Waals surface area contributed by atoms with Gasteiger partial charge in [0.2, 0.25) is 5.90 Å². The maximum atomic E-state index is 12.5. The summed E-state index contributed by atoms with van der Waals surface area (Å²) >= 11 is 11.6. The van der Waals surface area contributed by atoms with E-state index in [1.54, 1.807) is 12.1 Å². The van der Waals surface area contributed by atoms with Crippen molar-refractivity contribution in [1.82, 2.24) is 0 Å². The first kappa shape index (κ1) is 26.1. The topological polar surface area (TPSA) is 100 Å². The Labute approximate surface area is 233 Å². The molecule has 8 nitrogen and oxygen atoms in total. The summed E-state index contributed by atoms with van der Waals surface area (Å²) in [5.74, 6) is 0.293. The van der Waals surface area contributed by atoms with Crippen LogP contribution in [0.4, 0.5) is 5.69 Å². The number of nitro benzene ring substituents is 1. The number of halogens is 3. The fourth-order valence-electron chi connectivity index (χ4n) is 3.33. The second-order valence-corrected chi connectivity index (χ2v) is 9.95. The van der Waals surface area contributed by atoms with Gasteiger partial charge in [-0.1, -0.05) is 23.7 Å². The van der Waals surface area contributed by atoms with Gasteiger partial charge in [0.1, 0.15) is 11.6 Å². The van der Waals surface area contributed by atoms with Crippen LogP contribution >= 0.6 is 50.1 Å². The Morgan fingerprint density at radius 3 is 2.72 bits per heavy atom. The van der Waals surface area contributed by atoms with Crippen molar-refractivity contribution in [1.29, 1.82) is 0 Å². The molecule has 36 heavy (non-hydrogen) atoms. The van der Waals surface area contributed by atoms with Gasteiger partial charge in [0.25, 0.3) is 5.69 Å². The Balaban J connectivity index is 1.63. The Morgan fingerprint density at radius 2 is 2.00 bits per heavy atom. The van der Waals surface area contributed by atoms with Crippen molar-refractivity contribution in [2.24, 2.45) is 4.99 Å². The average Bonchev–Trinajstić information content (AvgIpc) is 3.19. The number of carbonyl (C=O) groups excluding carboxylic acids is 1. The largest absolute Gasteiger partial charge is 0.490 e. The molecule has 0 unspecified atom stereocenters. The first-order valence-corrected chi connectivity index (χ1v) is 12.8. The van der Waals surface area contributed by atoms with E-state index in [0.29, 0.717) is 34.7 Å². The number of cyclic esters (lactones) is 1. The minimum atomic E-state index is -0.685. The number of aliphatic imine (C=N–C) groups is 1. The summed E-state index contributed by atoms with van der Waals surface area (Å²) in [5, 5.41) is 11.2. The van der Waals surface area contributed by atoms with Gasteiger partial charge in [-0.05, 0) is 99.0 Å². The lowest BCUT2D eigenvalue weighted by Gasteiger charge is -2.15. The number of carbonyl (C=O) groups is 1. The van der Waals surface area contributed by atoms with E-state index in [2.05, 4.69) is 43.5 Å². The third kappa shape index (κ3) is 6.05. The van der Waals surface area contributed by atoms with E-state index in [1.807, 2.05) is 31.2 Å². The van der Waals surface area contributed by atoms with Crippen molar-refractivity contribution in [3.63, 3.8) is 0 Å². The van der Waals surface area contributed by atoms with Gasteiger partial charge in [0, 0.05) is 15.2 Å². The molecule has 3 aromatic rings. The van der Waals surface area contributed by atoms with Crippen LogP contribution < -0.4 is 9.47 Å². The van der Waals surface area contributed by atoms with Crippen LogP contribution in [0.2, 0.25) is 5.02 Å². The van der Waals surface area contributed by atoms with Crippen LogP contribution in [-0.4, -0.2) is 23.4 Å². The fourth-order valence-corrected chi connectivity index (χ4v) is 4.70. The number of nitrogens with zero attached hydrogens (tertiary/aromatic N) is 2. The molecule has 0 aliphatic carbocycles. The van der Waals surface area contributed by atoms with Crippen molar-refractivity contribution >= 4 is 73.8 Å². The van der Waals surface area contributed by atoms with Gasteiger partial charge in [0.05, 0.1) is 16.0 Å². The number of rotatable bonds is 8. The zero-order chi connectivity index (χ0) is 25.8. The van der Waals surface area contributed by atoms with Crippen molar-refractivity contribution in [2.75, 3.05) is 6.61 Å². The van der Waals surface area contributed by atoms with Gasteiger partial charge in [-0.25, -0.2) is 9.79 Å². The molecule has 184 valence electrons. The van der Waals surface area contributed by atoms with Crippen molar-refractivity contribution in [2.45, 2.75) is 13.5 Å². The molecule has 0 spiro atoms. The Kier molecular flexibility index (Phi) is 8.27. The minimum Gasteiger partial charge on any atom is -0.490 e. The summed E-state index contributed by atoms with van der Waals surface area (Å²) < 4.78 is 18.8. The van der Waals surface area contributed by atoms with E-state index in [1.165, 1.54) is 24.3 Å². The van der Waals surface area contributed by atoms with Crippen molar-refractivity contribution in [3.8, 4) is 11.5 Å². The highest BCUT2D eigenvalue weighted by Crippen LogP contribution is 2.38. The van der Waals surface area contributed by atoms with E-state index in [-0.39, 0.29) is 27.9 Å². The summed E-state index contributed by atoms with van der Waals surface area (Å²) in [4.78, 5) is 27.3. The molecule has 1 aliphatic heterocycles. The average molecular weight is 684 g/mol. The summed E-state index contributed by atoms with van der Waals surface area (Å²) in [6.45, 7) is 2.62. The van der Waals surface area contributed by atoms with Crippen LogP contribution in [0.25, 0.3) is 6.08 Å². The van der Waals surface area contributed by atoms with Crippen LogP contribution in [0, 0.1) is 13.7 Å². The first-order chi connectivity index (χ1) is 17.2. The van der Waals surface area contributed by atoms with Gasteiger partial charge >= 0.3 is 5.97 Å². The highest BCUT2D eigenvalue weighted by molar-refractivity contribution is 14.1. The second-order valence-electron chi connectivity index (χ2n) is 7.44. The summed E-state index contributed by atoms with van der Waals surface area (Å²) in [7, 11) is 0. The molecule has 1 aliphatic rings. The van der Waals surface area contributed by atoms with Crippen LogP contribution in [0.5, 0.6) is 11.5 Å². The van der Waals surface area contributed by atoms with E-state index < -0.39 is 10.9 Å². The summed E-state index contributed by atoms with van der Waals surface area (Å²) in [5.41, 5.74) is 1.62. The lowest BCUT2D eigenvalue weighted by Crippen LogP contribution is -2.06. The number of benzene rings is 3. The molecule has 0 saturated carbocycles. The number of ether oxygens (including phenoxy) is 3. The zero-order valence-electron chi connectivity index (χ0n) is 18.7. The first-order valence-electron chi connectivity index (χ1n) is 10.6. The van der Waals surface area contributed by atoms with Gasteiger partial charge in [-0.3, -0.25) is 10.1 Å². The van der Waals surface area contributed by atoms with Crippen LogP contribution in [-0.2, 0) is 16.1 Å². The van der Waals surface area contributed by atoms with Crippen LogP contribution in [0.1, 0.15) is 23.6 Å². The zero-order valence-corrected chi connectivity index (χ0v) is 23.2. The second kappa shape index (κ2) is 11.4. The molecule has 4 rings (SSSR count). The molecular formula is C25H17BrClIN2O6. The SMILES string of the molecule is CCOc1cc(/C=C2\N=C(c3ccc(Cl)c([N+](=O)[O-])c3)OC2=O)cc(Br)c1OCc1cccc(I)c1. The molecule has 11 heteroatoms. The molecule has 0 radical (unpaired) electrons. The number of nitro groups is 1. The predicted octanol–water partition coefficient (Wildman–Crippen LogP) is 6.94. The standard InChI is InChI=1S/C25H17BrClIN2O6/c1-2-34-22-11-15(9-18(26)23(22)35-13-14-4-3-5-17(28)8-14)10-20-25(31)36-24(29-20)16-6-7-19(27)21(12-16)30(32)33/h3-12H,2,13H2,1H3/b20-10-. The molecule has 0 atom stereocenters. The molecular weight excluding hydrogens is 667 g/mol. The van der Waals surface area contributed by atoms with Gasteiger partial charge in [-0.2, -0.15) is 0 Å². The molecule has 0 aromatic heterocycles. The minimum absolute atomic E-state index is 0.0259. The smallest absolute Gasteiger partial charge is 0.363 e. The van der Waals surface area contributed by atoms with E-state index >= 15 is 0 Å². The number of hydrogen-bond donors (Lipinski definition) is 0. The molecule has 3 aromatic carbocycles.